The van der Waals surface area contributed by atoms with Gasteiger partial charge in [-0.2, -0.15) is 0 Å². The standard InChI is InChI=1S/C27H25BrN2O6S/c1-6-35-26(33)22-15(3)29-27-30(23(22)18-9-7-14(2)8-10-18)25(32)21(37-27)13-17-11-19(28)24(36-16(4)31)20(12-17)34-5/h7-13,23H,6H2,1-5H3/b21-13-/t23-/m1/s1. The van der Waals surface area contributed by atoms with Crippen LogP contribution < -0.4 is 24.4 Å². The average Bonchev–Trinajstić information content (AvgIpc) is 3.14. The lowest BCUT2D eigenvalue weighted by Gasteiger charge is -2.24. The Balaban J connectivity index is 1.91. The molecule has 0 unspecified atom stereocenters. The van der Waals surface area contributed by atoms with Crippen LogP contribution in [0.5, 0.6) is 11.5 Å². The Kier molecular flexibility index (Phi) is 7.79. The van der Waals surface area contributed by atoms with Crippen LogP contribution in [0.25, 0.3) is 6.08 Å². The minimum absolute atomic E-state index is 0.209. The summed E-state index contributed by atoms with van der Waals surface area (Å²) in [7, 11) is 1.47. The Bertz CT molecular complexity index is 1600. The molecule has 4 rings (SSSR count). The van der Waals surface area contributed by atoms with E-state index in [-0.39, 0.29) is 17.9 Å². The highest BCUT2D eigenvalue weighted by Gasteiger charge is 2.33. The number of carbonyl (C=O) groups excluding carboxylic acids is 2. The van der Waals surface area contributed by atoms with E-state index in [1.807, 2.05) is 31.2 Å². The van der Waals surface area contributed by atoms with Gasteiger partial charge in [-0.05, 0) is 66.0 Å². The molecule has 0 saturated heterocycles. The Labute approximate surface area is 225 Å². The zero-order chi connectivity index (χ0) is 26.9. The molecule has 2 aromatic carbocycles. The fraction of sp³-hybridized carbons (Fsp3) is 0.259. The Morgan fingerprint density at radius 3 is 2.51 bits per heavy atom. The lowest BCUT2D eigenvalue weighted by atomic mass is 9.95. The number of benzene rings is 2. The molecule has 0 saturated carbocycles. The summed E-state index contributed by atoms with van der Waals surface area (Å²) in [6.07, 6.45) is 1.71. The van der Waals surface area contributed by atoms with Crippen molar-refractivity contribution in [1.82, 2.24) is 4.57 Å². The van der Waals surface area contributed by atoms with Gasteiger partial charge in [0.25, 0.3) is 5.56 Å². The molecular weight excluding hydrogens is 560 g/mol. The van der Waals surface area contributed by atoms with Crippen LogP contribution in [0, 0.1) is 6.92 Å². The predicted molar refractivity (Wildman–Crippen MR) is 144 cm³/mol. The summed E-state index contributed by atoms with van der Waals surface area (Å²) in [5.41, 5.74) is 3.05. The van der Waals surface area contributed by atoms with Crippen molar-refractivity contribution < 1.29 is 23.8 Å². The predicted octanol–water partition coefficient (Wildman–Crippen LogP) is 3.80. The van der Waals surface area contributed by atoms with E-state index in [2.05, 4.69) is 20.9 Å². The highest BCUT2D eigenvalue weighted by atomic mass is 79.9. The van der Waals surface area contributed by atoms with Crippen molar-refractivity contribution in [3.63, 3.8) is 0 Å². The van der Waals surface area contributed by atoms with Gasteiger partial charge in [0.1, 0.15) is 0 Å². The van der Waals surface area contributed by atoms with Gasteiger partial charge in [0, 0.05) is 6.92 Å². The summed E-state index contributed by atoms with van der Waals surface area (Å²) < 4.78 is 18.4. The highest BCUT2D eigenvalue weighted by Crippen LogP contribution is 2.37. The molecule has 0 aliphatic carbocycles. The normalized spacial score (nSPS) is 15.2. The Morgan fingerprint density at radius 1 is 1.19 bits per heavy atom. The molecule has 37 heavy (non-hydrogen) atoms. The molecule has 0 N–H and O–H groups in total. The van der Waals surface area contributed by atoms with Gasteiger partial charge in [0.15, 0.2) is 16.3 Å². The number of carbonyl (C=O) groups is 2. The van der Waals surface area contributed by atoms with E-state index in [0.717, 1.165) is 11.1 Å². The summed E-state index contributed by atoms with van der Waals surface area (Å²) in [6, 6.07) is 10.4. The molecular formula is C27H25BrN2O6S. The summed E-state index contributed by atoms with van der Waals surface area (Å²) in [5, 5.41) is 0. The van der Waals surface area contributed by atoms with E-state index < -0.39 is 18.0 Å². The summed E-state index contributed by atoms with van der Waals surface area (Å²) in [6.45, 7) is 6.98. The van der Waals surface area contributed by atoms with Crippen molar-refractivity contribution in [3.05, 3.63) is 88.5 Å². The molecule has 192 valence electrons. The minimum atomic E-state index is -0.675. The summed E-state index contributed by atoms with van der Waals surface area (Å²) in [5.74, 6) is -0.397. The number of halogens is 1. The van der Waals surface area contributed by atoms with Gasteiger partial charge in [-0.3, -0.25) is 14.2 Å². The minimum Gasteiger partial charge on any atom is -0.493 e. The van der Waals surface area contributed by atoms with Crippen LogP contribution in [0.3, 0.4) is 0 Å². The lowest BCUT2D eigenvalue weighted by Crippen LogP contribution is -2.39. The van der Waals surface area contributed by atoms with Crippen molar-refractivity contribution in [2.24, 2.45) is 4.99 Å². The first kappa shape index (κ1) is 26.6. The van der Waals surface area contributed by atoms with Crippen LogP contribution >= 0.6 is 27.3 Å². The largest absolute Gasteiger partial charge is 0.493 e. The molecule has 0 bridgehead atoms. The number of rotatable bonds is 6. The third kappa shape index (κ3) is 5.30. The first-order valence-corrected chi connectivity index (χ1v) is 13.1. The van der Waals surface area contributed by atoms with Crippen LogP contribution in [0.15, 0.2) is 61.9 Å². The van der Waals surface area contributed by atoms with Crippen LogP contribution in [-0.4, -0.2) is 30.2 Å². The number of methoxy groups -OCH3 is 1. The molecule has 0 spiro atoms. The molecule has 3 aromatic rings. The number of hydrogen-bond acceptors (Lipinski definition) is 8. The Morgan fingerprint density at radius 2 is 1.89 bits per heavy atom. The second kappa shape index (κ2) is 10.9. The molecule has 8 nitrogen and oxygen atoms in total. The third-order valence-electron chi connectivity index (χ3n) is 5.71. The van der Waals surface area contributed by atoms with E-state index in [1.165, 1.54) is 25.4 Å². The van der Waals surface area contributed by atoms with Gasteiger partial charge < -0.3 is 14.2 Å². The average molecular weight is 585 g/mol. The monoisotopic (exact) mass is 584 g/mol. The van der Waals surface area contributed by atoms with E-state index in [4.69, 9.17) is 14.2 Å². The molecule has 2 heterocycles. The maximum absolute atomic E-state index is 13.7. The van der Waals surface area contributed by atoms with E-state index in [0.29, 0.717) is 36.4 Å². The van der Waals surface area contributed by atoms with Crippen LogP contribution in [-0.2, 0) is 14.3 Å². The number of ether oxygens (including phenoxy) is 3. The van der Waals surface area contributed by atoms with Crippen LogP contribution in [0.2, 0.25) is 0 Å². The summed E-state index contributed by atoms with van der Waals surface area (Å²) >= 11 is 4.64. The number of nitrogens with zero attached hydrogens (tertiary/aromatic N) is 2. The molecule has 0 radical (unpaired) electrons. The fourth-order valence-corrected chi connectivity index (χ4v) is 5.66. The van der Waals surface area contributed by atoms with Crippen molar-refractivity contribution in [2.45, 2.75) is 33.7 Å². The van der Waals surface area contributed by atoms with Gasteiger partial charge >= 0.3 is 11.9 Å². The summed E-state index contributed by atoms with van der Waals surface area (Å²) in [4.78, 5) is 43.3. The molecule has 1 aliphatic rings. The zero-order valence-corrected chi connectivity index (χ0v) is 23.4. The van der Waals surface area contributed by atoms with Crippen molar-refractivity contribution in [1.29, 1.82) is 0 Å². The second-order valence-corrected chi connectivity index (χ2v) is 10.2. The SMILES string of the molecule is CCOC(=O)C1=C(C)N=c2s/c(=C\c3cc(Br)c(OC(C)=O)c(OC)c3)c(=O)n2[C@@H]1c1ccc(C)cc1. The number of esters is 2. The van der Waals surface area contributed by atoms with Gasteiger partial charge in [0.2, 0.25) is 0 Å². The Hall–Kier alpha value is -3.50. The first-order chi connectivity index (χ1) is 17.6. The number of aryl methyl sites for hydroxylation is 1. The van der Waals surface area contributed by atoms with Gasteiger partial charge in [0.05, 0.1) is 40.0 Å². The number of fused-ring (bicyclic) bond motifs is 1. The molecule has 10 heteroatoms. The zero-order valence-electron chi connectivity index (χ0n) is 21.0. The maximum Gasteiger partial charge on any atom is 0.338 e. The third-order valence-corrected chi connectivity index (χ3v) is 7.28. The highest BCUT2D eigenvalue weighted by molar-refractivity contribution is 9.10. The second-order valence-electron chi connectivity index (χ2n) is 8.34. The number of hydrogen-bond donors (Lipinski definition) is 0. The van der Waals surface area contributed by atoms with Crippen LogP contribution in [0.4, 0.5) is 0 Å². The molecule has 1 aromatic heterocycles. The van der Waals surface area contributed by atoms with Gasteiger partial charge in [-0.25, -0.2) is 9.79 Å². The molecule has 1 aliphatic heterocycles. The van der Waals surface area contributed by atoms with E-state index in [9.17, 15) is 14.4 Å². The van der Waals surface area contributed by atoms with Crippen LogP contribution in [0.1, 0.15) is 43.5 Å². The lowest BCUT2D eigenvalue weighted by molar-refractivity contribution is -0.139. The number of thiazole rings is 1. The number of aromatic nitrogens is 1. The van der Waals surface area contributed by atoms with Crippen molar-refractivity contribution >= 4 is 45.3 Å². The van der Waals surface area contributed by atoms with E-state index in [1.54, 1.807) is 36.6 Å². The smallest absolute Gasteiger partial charge is 0.338 e. The fourth-order valence-electron chi connectivity index (χ4n) is 4.07. The van der Waals surface area contributed by atoms with Gasteiger partial charge in [-0.1, -0.05) is 41.2 Å². The molecule has 0 amide bonds. The molecule has 0 fully saturated rings. The van der Waals surface area contributed by atoms with Gasteiger partial charge in [-0.15, -0.1) is 0 Å². The number of allylic oxidation sites excluding steroid dienone is 1. The quantitative estimate of drug-likeness (QED) is 0.323. The maximum atomic E-state index is 13.7. The first-order valence-electron chi connectivity index (χ1n) is 11.5. The van der Waals surface area contributed by atoms with E-state index >= 15 is 0 Å². The molecule has 1 atom stereocenters. The van der Waals surface area contributed by atoms with Crippen molar-refractivity contribution in [2.75, 3.05) is 13.7 Å². The van der Waals surface area contributed by atoms with Crippen molar-refractivity contribution in [3.8, 4) is 11.5 Å². The topological polar surface area (TPSA) is 96.2 Å².